The number of thiazole rings is 1. The van der Waals surface area contributed by atoms with Crippen molar-refractivity contribution in [3.05, 3.63) is 94.1 Å². The van der Waals surface area contributed by atoms with E-state index in [1.54, 1.807) is 36.7 Å². The molecule has 4 aromatic rings. The minimum Gasteiger partial charge on any atom is -0.455 e. The van der Waals surface area contributed by atoms with E-state index in [2.05, 4.69) is 29.2 Å². The maximum absolute atomic E-state index is 13.4. The lowest BCUT2D eigenvalue weighted by atomic mass is 9.90. The fourth-order valence-electron chi connectivity index (χ4n) is 6.27. The van der Waals surface area contributed by atoms with Gasteiger partial charge in [-0.3, -0.25) is 9.78 Å². The van der Waals surface area contributed by atoms with E-state index in [1.165, 1.54) is 42.0 Å². The Morgan fingerprint density at radius 3 is 2.33 bits per heavy atom. The highest BCUT2D eigenvalue weighted by molar-refractivity contribution is 7.12. The number of rotatable bonds is 15. The number of benzene rings is 2. The number of amides is 1. The first kappa shape index (κ1) is 33.5. The van der Waals surface area contributed by atoms with Crippen LogP contribution in [0.1, 0.15) is 103 Å². The Morgan fingerprint density at radius 1 is 1.00 bits per heavy atom. The molecule has 0 spiro atoms. The molecular formula is C38H45N5O4S. The molecule has 0 aliphatic heterocycles. The molecule has 9 nitrogen and oxygen atoms in total. The number of aromatic nitrogens is 2. The molecule has 1 amide bonds. The van der Waals surface area contributed by atoms with E-state index in [1.807, 2.05) is 40.5 Å². The van der Waals surface area contributed by atoms with Crippen LogP contribution >= 0.6 is 11.3 Å². The van der Waals surface area contributed by atoms with E-state index < -0.39 is 6.29 Å². The van der Waals surface area contributed by atoms with Crippen molar-refractivity contribution in [1.29, 1.82) is 0 Å². The monoisotopic (exact) mass is 667 g/mol. The summed E-state index contributed by atoms with van der Waals surface area (Å²) in [6.07, 6.45) is 14.7. The van der Waals surface area contributed by atoms with Crippen molar-refractivity contribution in [3.63, 3.8) is 0 Å². The number of pyridine rings is 1. The Kier molecular flexibility index (Phi) is 11.2. The van der Waals surface area contributed by atoms with Gasteiger partial charge in [-0.05, 0) is 92.8 Å². The third kappa shape index (κ3) is 8.52. The number of carbonyl (C=O) groups excluding carboxylic acids is 1. The Balaban J connectivity index is 1.19. The second-order valence-corrected chi connectivity index (χ2v) is 13.8. The van der Waals surface area contributed by atoms with Crippen LogP contribution < -0.4 is 15.2 Å². The smallest absolute Gasteiger partial charge is 0.255 e. The zero-order chi connectivity index (χ0) is 33.3. The zero-order valence-corrected chi connectivity index (χ0v) is 28.4. The third-order valence-corrected chi connectivity index (χ3v) is 10.4. The van der Waals surface area contributed by atoms with Gasteiger partial charge in [0.15, 0.2) is 5.84 Å². The van der Waals surface area contributed by atoms with Crippen molar-refractivity contribution in [2.75, 3.05) is 6.54 Å². The van der Waals surface area contributed by atoms with Crippen LogP contribution in [0.25, 0.3) is 11.3 Å². The first-order chi connectivity index (χ1) is 23.5. The summed E-state index contributed by atoms with van der Waals surface area (Å²) < 4.78 is 12.6. The summed E-state index contributed by atoms with van der Waals surface area (Å²) in [6, 6.07) is 19.2. The molecule has 1 unspecified atom stereocenters. The summed E-state index contributed by atoms with van der Waals surface area (Å²) in [4.78, 5) is 26.2. The normalized spacial score (nSPS) is 16.0. The van der Waals surface area contributed by atoms with Crippen LogP contribution in [0.4, 0.5) is 0 Å². The number of unbranched alkanes of at least 4 members (excludes halogenated alkanes) is 1. The van der Waals surface area contributed by atoms with Gasteiger partial charge in [-0.2, -0.15) is 0 Å². The van der Waals surface area contributed by atoms with E-state index in [4.69, 9.17) is 25.4 Å². The summed E-state index contributed by atoms with van der Waals surface area (Å²) in [5.41, 5.74) is 9.03. The van der Waals surface area contributed by atoms with Crippen LogP contribution in [0.2, 0.25) is 0 Å². The zero-order valence-electron chi connectivity index (χ0n) is 27.6. The minimum atomic E-state index is -0.469. The van der Waals surface area contributed by atoms with Crippen molar-refractivity contribution in [3.8, 4) is 22.8 Å². The number of nitrogens with two attached hydrogens (primary N) is 1. The molecule has 6 rings (SSSR count). The molecule has 2 fully saturated rings. The van der Waals surface area contributed by atoms with Crippen LogP contribution in [-0.4, -0.2) is 50.7 Å². The molecule has 0 saturated heterocycles. The fourth-order valence-corrected chi connectivity index (χ4v) is 7.52. The van der Waals surface area contributed by atoms with E-state index in [-0.39, 0.29) is 11.7 Å². The van der Waals surface area contributed by atoms with Gasteiger partial charge >= 0.3 is 0 Å². The van der Waals surface area contributed by atoms with E-state index in [9.17, 15) is 4.79 Å². The van der Waals surface area contributed by atoms with Crippen LogP contribution in [0.15, 0.2) is 78.2 Å². The van der Waals surface area contributed by atoms with Crippen LogP contribution in [0.3, 0.4) is 0 Å². The lowest BCUT2D eigenvalue weighted by Gasteiger charge is -2.22. The highest BCUT2D eigenvalue weighted by atomic mass is 32.1. The molecule has 0 bridgehead atoms. The average Bonchev–Trinajstić information content (AvgIpc) is 3.89. The van der Waals surface area contributed by atoms with Crippen molar-refractivity contribution in [2.24, 2.45) is 10.9 Å². The predicted molar refractivity (Wildman–Crippen MR) is 189 cm³/mol. The quantitative estimate of drug-likeness (QED) is 0.0431. The maximum atomic E-state index is 13.4. The minimum absolute atomic E-state index is 0.0491. The van der Waals surface area contributed by atoms with Crippen molar-refractivity contribution in [2.45, 2.75) is 95.8 Å². The first-order valence-electron chi connectivity index (χ1n) is 17.2. The largest absolute Gasteiger partial charge is 0.455 e. The number of hydrogen-bond acceptors (Lipinski definition) is 8. The lowest BCUT2D eigenvalue weighted by molar-refractivity contribution is -0.00211. The summed E-state index contributed by atoms with van der Waals surface area (Å²) >= 11 is 1.83. The molecule has 2 saturated carbocycles. The number of ether oxygens (including phenoxy) is 2. The van der Waals surface area contributed by atoms with Gasteiger partial charge in [-0.15, -0.1) is 11.3 Å². The molecule has 2 aromatic heterocycles. The Morgan fingerprint density at radius 2 is 1.71 bits per heavy atom. The summed E-state index contributed by atoms with van der Waals surface area (Å²) in [5.74, 6) is 1.98. The van der Waals surface area contributed by atoms with E-state index in [0.717, 1.165) is 55.5 Å². The van der Waals surface area contributed by atoms with Gasteiger partial charge in [-0.1, -0.05) is 37.8 Å². The van der Waals surface area contributed by atoms with Gasteiger partial charge in [0.25, 0.3) is 5.91 Å². The summed E-state index contributed by atoms with van der Waals surface area (Å²) in [6.45, 7) is 2.80. The highest BCUT2D eigenvalue weighted by Gasteiger charge is 2.33. The SMILES string of the molecule is CCCCC(Oc1ccc(C(N)=NO)cc1)Oc1ccc(-c2nc(C3CCCCC3)sc2CCN(C(=O)c2cccnc2)C2CC2)cc1. The summed E-state index contributed by atoms with van der Waals surface area (Å²) in [5, 5.41) is 13.2. The van der Waals surface area contributed by atoms with Gasteiger partial charge in [-0.25, -0.2) is 4.98 Å². The molecule has 2 aromatic carbocycles. The third-order valence-electron chi connectivity index (χ3n) is 9.12. The number of oxime groups is 1. The van der Waals surface area contributed by atoms with E-state index in [0.29, 0.717) is 35.4 Å². The van der Waals surface area contributed by atoms with E-state index >= 15 is 0 Å². The molecule has 252 valence electrons. The van der Waals surface area contributed by atoms with Gasteiger partial charge in [0, 0.05) is 59.7 Å². The first-order valence-corrected chi connectivity index (χ1v) is 18.1. The predicted octanol–water partition coefficient (Wildman–Crippen LogP) is 8.17. The van der Waals surface area contributed by atoms with Gasteiger partial charge in [0.2, 0.25) is 6.29 Å². The molecule has 3 N–H and O–H groups in total. The molecule has 1 atom stereocenters. The Labute approximate surface area is 286 Å². The molecule has 48 heavy (non-hydrogen) atoms. The van der Waals surface area contributed by atoms with Gasteiger partial charge < -0.3 is 25.3 Å². The number of hydrogen-bond donors (Lipinski definition) is 2. The van der Waals surface area contributed by atoms with Crippen molar-refractivity contribution >= 4 is 23.1 Å². The average molecular weight is 668 g/mol. The molecule has 10 heteroatoms. The summed E-state index contributed by atoms with van der Waals surface area (Å²) in [7, 11) is 0. The molecule has 0 radical (unpaired) electrons. The van der Waals surface area contributed by atoms with Crippen LogP contribution in [-0.2, 0) is 6.42 Å². The van der Waals surface area contributed by atoms with Crippen LogP contribution in [0, 0.1) is 0 Å². The standard InChI is InChI=1S/C38H45N5O4S/c1-2-3-11-34(47-32-20-14-27(15-21-32)36(39)42-45)46-31-18-12-26(13-19-31)35-33(48-37(41-35)28-8-5-4-6-9-28)22-24-43(30-16-17-30)38(44)29-10-7-23-40-25-29/h7,10,12-15,18-21,23,25,28,30,34,45H,2-6,8-9,11,16-17,22,24H2,1H3,(H2,39,42). The van der Waals surface area contributed by atoms with Gasteiger partial charge in [0.1, 0.15) is 11.5 Å². The lowest BCUT2D eigenvalue weighted by Crippen LogP contribution is -2.35. The van der Waals surface area contributed by atoms with Crippen molar-refractivity contribution < 1.29 is 19.5 Å². The molecular weight excluding hydrogens is 623 g/mol. The number of nitrogens with zero attached hydrogens (tertiary/aromatic N) is 4. The highest BCUT2D eigenvalue weighted by Crippen LogP contribution is 2.40. The maximum Gasteiger partial charge on any atom is 0.255 e. The molecule has 2 aliphatic carbocycles. The van der Waals surface area contributed by atoms with Gasteiger partial charge in [0.05, 0.1) is 16.3 Å². The van der Waals surface area contributed by atoms with Crippen molar-refractivity contribution in [1.82, 2.24) is 14.9 Å². The molecule has 2 aliphatic rings. The Hall–Kier alpha value is -4.44. The molecule has 2 heterocycles. The number of carbonyl (C=O) groups is 1. The second kappa shape index (κ2) is 16.1. The second-order valence-electron chi connectivity index (χ2n) is 12.7. The Bertz CT molecular complexity index is 1650. The topological polar surface area (TPSA) is 123 Å². The van der Waals surface area contributed by atoms with Crippen LogP contribution in [0.5, 0.6) is 11.5 Å². The fraction of sp³-hybridized carbons (Fsp3) is 0.421. The number of amidine groups is 1.